The average molecular weight is 274 g/mol. The van der Waals surface area contributed by atoms with Crippen molar-refractivity contribution in [2.75, 3.05) is 18.8 Å². The second-order valence-corrected chi connectivity index (χ2v) is 7.81. The lowest BCUT2D eigenvalue weighted by atomic mass is 9.95. The van der Waals surface area contributed by atoms with Crippen molar-refractivity contribution in [3.8, 4) is 0 Å². The molecule has 0 aromatic carbocycles. The molecule has 1 aliphatic carbocycles. The van der Waals surface area contributed by atoms with Crippen LogP contribution < -0.4 is 11.1 Å². The van der Waals surface area contributed by atoms with Crippen LogP contribution in [0.25, 0.3) is 0 Å². The number of nitrogens with two attached hydrogens (primary N) is 1. The van der Waals surface area contributed by atoms with Crippen LogP contribution in [0.15, 0.2) is 0 Å². The van der Waals surface area contributed by atoms with Crippen molar-refractivity contribution < 1.29 is 13.2 Å². The van der Waals surface area contributed by atoms with E-state index in [1.165, 1.54) is 0 Å². The van der Waals surface area contributed by atoms with Crippen molar-refractivity contribution >= 4 is 15.7 Å². The van der Waals surface area contributed by atoms with Crippen molar-refractivity contribution in [2.24, 2.45) is 17.6 Å². The van der Waals surface area contributed by atoms with Crippen molar-refractivity contribution in [3.63, 3.8) is 0 Å². The number of carbonyl (C=O) groups excluding carboxylic acids is 1. The van der Waals surface area contributed by atoms with E-state index in [0.717, 1.165) is 25.7 Å². The average Bonchev–Trinajstić information content (AvgIpc) is 2.92. The second-order valence-electron chi connectivity index (χ2n) is 5.41. The molecular formula is C12H22N2O3S. The van der Waals surface area contributed by atoms with Crippen molar-refractivity contribution in [3.05, 3.63) is 0 Å². The van der Waals surface area contributed by atoms with Crippen LogP contribution in [0.4, 0.5) is 0 Å². The molecule has 1 amide bonds. The van der Waals surface area contributed by atoms with Gasteiger partial charge in [0.05, 0.1) is 11.0 Å². The SMILES string of the molecule is NCC1CCCC1C(=O)NCC1CCCS1(=O)=O. The number of rotatable bonds is 4. The molecule has 1 heterocycles. The van der Waals surface area contributed by atoms with E-state index in [2.05, 4.69) is 5.32 Å². The molecule has 0 radical (unpaired) electrons. The molecule has 3 atom stereocenters. The van der Waals surface area contributed by atoms with E-state index in [1.54, 1.807) is 0 Å². The summed E-state index contributed by atoms with van der Waals surface area (Å²) in [5.41, 5.74) is 5.65. The first-order chi connectivity index (χ1) is 8.54. The van der Waals surface area contributed by atoms with Gasteiger partial charge in [0.1, 0.15) is 0 Å². The van der Waals surface area contributed by atoms with E-state index in [4.69, 9.17) is 5.73 Å². The number of hydrogen-bond donors (Lipinski definition) is 2. The first kappa shape index (κ1) is 13.8. The maximum atomic E-state index is 12.0. The van der Waals surface area contributed by atoms with Gasteiger partial charge in [-0.05, 0) is 38.1 Å². The Labute approximate surface area is 108 Å². The van der Waals surface area contributed by atoms with Gasteiger partial charge in [-0.2, -0.15) is 0 Å². The van der Waals surface area contributed by atoms with Gasteiger partial charge in [-0.3, -0.25) is 4.79 Å². The minimum absolute atomic E-state index is 0.00921. The molecule has 2 aliphatic rings. The zero-order valence-electron chi connectivity index (χ0n) is 10.6. The number of amides is 1. The Hall–Kier alpha value is -0.620. The summed E-state index contributed by atoms with van der Waals surface area (Å²) in [6.45, 7) is 0.814. The van der Waals surface area contributed by atoms with Crippen LogP contribution in [0, 0.1) is 11.8 Å². The lowest BCUT2D eigenvalue weighted by molar-refractivity contribution is -0.125. The highest BCUT2D eigenvalue weighted by molar-refractivity contribution is 7.92. The van der Waals surface area contributed by atoms with Gasteiger partial charge in [0.25, 0.3) is 0 Å². The Bertz CT molecular complexity index is 408. The van der Waals surface area contributed by atoms with E-state index in [9.17, 15) is 13.2 Å². The Morgan fingerprint density at radius 1 is 1.22 bits per heavy atom. The molecule has 1 saturated carbocycles. The number of nitrogens with one attached hydrogen (secondary N) is 1. The first-order valence-electron chi connectivity index (χ1n) is 6.74. The van der Waals surface area contributed by atoms with E-state index >= 15 is 0 Å². The normalized spacial score (nSPS) is 34.6. The summed E-state index contributed by atoms with van der Waals surface area (Å²) in [6.07, 6.45) is 4.33. The molecule has 2 rings (SSSR count). The molecule has 0 aromatic heterocycles. The summed E-state index contributed by atoms with van der Waals surface area (Å²) < 4.78 is 23.3. The summed E-state index contributed by atoms with van der Waals surface area (Å²) in [6, 6.07) is 0. The van der Waals surface area contributed by atoms with Crippen molar-refractivity contribution in [2.45, 2.75) is 37.4 Å². The third-order valence-electron chi connectivity index (χ3n) is 4.27. The molecule has 0 spiro atoms. The smallest absolute Gasteiger partial charge is 0.223 e. The summed E-state index contributed by atoms with van der Waals surface area (Å²) in [5.74, 6) is 0.511. The van der Waals surface area contributed by atoms with Crippen LogP contribution in [-0.2, 0) is 14.6 Å². The molecule has 5 nitrogen and oxygen atoms in total. The van der Waals surface area contributed by atoms with Gasteiger partial charge in [0, 0.05) is 12.5 Å². The molecule has 18 heavy (non-hydrogen) atoms. The Balaban J connectivity index is 1.85. The third-order valence-corrected chi connectivity index (χ3v) is 6.54. The maximum absolute atomic E-state index is 12.0. The highest BCUT2D eigenvalue weighted by atomic mass is 32.2. The minimum Gasteiger partial charge on any atom is -0.355 e. The van der Waals surface area contributed by atoms with Crippen LogP contribution >= 0.6 is 0 Å². The molecule has 2 fully saturated rings. The van der Waals surface area contributed by atoms with Crippen LogP contribution in [0.1, 0.15) is 32.1 Å². The predicted octanol–water partition coefficient (Wildman–Crippen LogP) is 0.0548. The molecule has 1 aliphatic heterocycles. The van der Waals surface area contributed by atoms with Gasteiger partial charge < -0.3 is 11.1 Å². The highest BCUT2D eigenvalue weighted by Gasteiger charge is 2.34. The minimum atomic E-state index is -2.96. The quantitative estimate of drug-likeness (QED) is 0.758. The molecule has 0 aromatic rings. The summed E-state index contributed by atoms with van der Waals surface area (Å²) in [4.78, 5) is 12.0. The summed E-state index contributed by atoms with van der Waals surface area (Å²) in [7, 11) is -2.96. The topological polar surface area (TPSA) is 89.3 Å². The monoisotopic (exact) mass is 274 g/mol. The zero-order valence-corrected chi connectivity index (χ0v) is 11.4. The maximum Gasteiger partial charge on any atom is 0.223 e. The lowest BCUT2D eigenvalue weighted by Crippen LogP contribution is -2.40. The number of hydrogen-bond acceptors (Lipinski definition) is 4. The van der Waals surface area contributed by atoms with Crippen LogP contribution in [0.3, 0.4) is 0 Å². The Morgan fingerprint density at radius 2 is 2.00 bits per heavy atom. The first-order valence-corrected chi connectivity index (χ1v) is 8.45. The van der Waals surface area contributed by atoms with Crippen molar-refractivity contribution in [1.29, 1.82) is 0 Å². The fourth-order valence-corrected chi connectivity index (χ4v) is 4.86. The summed E-state index contributed by atoms with van der Waals surface area (Å²) >= 11 is 0. The van der Waals surface area contributed by atoms with Crippen LogP contribution in [0.5, 0.6) is 0 Å². The molecule has 6 heteroatoms. The summed E-state index contributed by atoms with van der Waals surface area (Å²) in [5, 5.41) is 2.44. The molecule has 3 unspecified atom stereocenters. The Kier molecular flexibility index (Phi) is 4.27. The van der Waals surface area contributed by atoms with E-state index in [0.29, 0.717) is 13.0 Å². The van der Waals surface area contributed by atoms with Crippen molar-refractivity contribution in [1.82, 2.24) is 5.32 Å². The van der Waals surface area contributed by atoms with Crippen LogP contribution in [-0.4, -0.2) is 38.4 Å². The molecule has 0 bridgehead atoms. The molecule has 104 valence electrons. The van der Waals surface area contributed by atoms with Gasteiger partial charge in [0.2, 0.25) is 5.91 Å². The predicted molar refractivity (Wildman–Crippen MR) is 69.7 cm³/mol. The number of sulfone groups is 1. The standard InChI is InChI=1S/C12H22N2O3S/c13-7-9-3-1-5-11(9)12(15)14-8-10-4-2-6-18(10,16)17/h9-11H,1-8,13H2,(H,14,15). The number of carbonyl (C=O) groups is 1. The molecule has 3 N–H and O–H groups in total. The van der Waals surface area contributed by atoms with Gasteiger partial charge in [-0.25, -0.2) is 8.42 Å². The fraction of sp³-hybridized carbons (Fsp3) is 0.917. The van der Waals surface area contributed by atoms with Gasteiger partial charge in [0.15, 0.2) is 9.84 Å². The molecule has 1 saturated heterocycles. The lowest BCUT2D eigenvalue weighted by Gasteiger charge is -2.18. The Morgan fingerprint density at radius 3 is 2.61 bits per heavy atom. The van der Waals surface area contributed by atoms with E-state index < -0.39 is 9.84 Å². The van der Waals surface area contributed by atoms with Crippen LogP contribution in [0.2, 0.25) is 0 Å². The molecular weight excluding hydrogens is 252 g/mol. The second kappa shape index (κ2) is 5.57. The largest absolute Gasteiger partial charge is 0.355 e. The van der Waals surface area contributed by atoms with Gasteiger partial charge in [-0.1, -0.05) is 6.42 Å². The third kappa shape index (κ3) is 2.85. The van der Waals surface area contributed by atoms with E-state index in [1.807, 2.05) is 0 Å². The highest BCUT2D eigenvalue weighted by Crippen LogP contribution is 2.31. The van der Waals surface area contributed by atoms with Gasteiger partial charge in [-0.15, -0.1) is 0 Å². The zero-order chi connectivity index (χ0) is 13.2. The van der Waals surface area contributed by atoms with E-state index in [-0.39, 0.29) is 35.3 Å². The van der Waals surface area contributed by atoms with Gasteiger partial charge >= 0.3 is 0 Å². The fourth-order valence-electron chi connectivity index (χ4n) is 3.10.